The Labute approximate surface area is 158 Å². The van der Waals surface area contributed by atoms with Gasteiger partial charge in [-0.3, -0.25) is 9.69 Å². The quantitative estimate of drug-likeness (QED) is 0.823. The Morgan fingerprint density at radius 1 is 1.26 bits per heavy atom. The number of aryl methyl sites for hydroxylation is 1. The van der Waals surface area contributed by atoms with E-state index in [1.807, 2.05) is 40.8 Å². The number of carbonyl (C=O) groups is 1. The summed E-state index contributed by atoms with van der Waals surface area (Å²) in [6.07, 6.45) is 0.411. The Kier molecular flexibility index (Phi) is 5.14. The first-order valence-electron chi connectivity index (χ1n) is 9.68. The first-order chi connectivity index (χ1) is 13.0. The number of aromatic nitrogens is 2. The average molecular weight is 374 g/mol. The van der Waals surface area contributed by atoms with Crippen LogP contribution in [0.1, 0.15) is 25.6 Å². The van der Waals surface area contributed by atoms with E-state index in [9.17, 15) is 9.18 Å². The molecular formula is C20H27FN4O2. The van der Waals surface area contributed by atoms with Gasteiger partial charge in [0.2, 0.25) is 5.91 Å². The number of rotatable bonds is 4. The molecule has 1 aromatic heterocycles. The SMILES string of the molecule is CC(=O)N1CCC(N2C[C@@H](F)[C@@H](OCc3nc4ccccc4n3C)C2)CC1. The minimum Gasteiger partial charge on any atom is -0.366 e. The monoisotopic (exact) mass is 374 g/mol. The summed E-state index contributed by atoms with van der Waals surface area (Å²) < 4.78 is 22.5. The molecule has 146 valence electrons. The van der Waals surface area contributed by atoms with E-state index < -0.39 is 12.3 Å². The van der Waals surface area contributed by atoms with Crippen LogP contribution in [0.4, 0.5) is 4.39 Å². The lowest BCUT2D eigenvalue weighted by Gasteiger charge is -2.36. The van der Waals surface area contributed by atoms with Crippen LogP contribution >= 0.6 is 0 Å². The molecule has 3 heterocycles. The number of benzene rings is 1. The van der Waals surface area contributed by atoms with Gasteiger partial charge < -0.3 is 14.2 Å². The standard InChI is InChI=1S/C20H27FN4O2/c1-14(26)24-9-7-15(8-10-24)25-11-16(21)19(12-25)27-13-20-22-17-5-3-4-6-18(17)23(20)2/h3-6,15-16,19H,7-13H2,1-2H3/t16-,19+/m1/s1. The highest BCUT2D eigenvalue weighted by Gasteiger charge is 2.38. The third-order valence-electron chi connectivity index (χ3n) is 5.96. The molecule has 2 fully saturated rings. The highest BCUT2D eigenvalue weighted by atomic mass is 19.1. The third-order valence-corrected chi connectivity index (χ3v) is 5.96. The first kappa shape index (κ1) is 18.4. The number of piperidine rings is 1. The van der Waals surface area contributed by atoms with Gasteiger partial charge in [0.1, 0.15) is 24.7 Å². The van der Waals surface area contributed by atoms with Crippen molar-refractivity contribution in [3.05, 3.63) is 30.1 Å². The first-order valence-corrected chi connectivity index (χ1v) is 9.68. The molecule has 0 spiro atoms. The number of para-hydroxylation sites is 2. The largest absolute Gasteiger partial charge is 0.366 e. The molecule has 7 heteroatoms. The maximum absolute atomic E-state index is 14.5. The van der Waals surface area contributed by atoms with E-state index in [2.05, 4.69) is 9.88 Å². The van der Waals surface area contributed by atoms with Gasteiger partial charge in [-0.2, -0.15) is 0 Å². The van der Waals surface area contributed by atoms with Gasteiger partial charge in [0, 0.05) is 46.2 Å². The fraction of sp³-hybridized carbons (Fsp3) is 0.600. The zero-order chi connectivity index (χ0) is 19.0. The number of ether oxygens (including phenoxy) is 1. The minimum atomic E-state index is -0.981. The molecule has 2 atom stereocenters. The summed E-state index contributed by atoms with van der Waals surface area (Å²) in [5.41, 5.74) is 1.99. The van der Waals surface area contributed by atoms with Gasteiger partial charge in [0.25, 0.3) is 0 Å². The Morgan fingerprint density at radius 2 is 2.00 bits per heavy atom. The second kappa shape index (κ2) is 7.56. The third kappa shape index (κ3) is 3.71. The van der Waals surface area contributed by atoms with Crippen LogP contribution in [0.5, 0.6) is 0 Å². The summed E-state index contributed by atoms with van der Waals surface area (Å²) in [7, 11) is 1.96. The molecule has 0 radical (unpaired) electrons. The lowest BCUT2D eigenvalue weighted by Crippen LogP contribution is -2.45. The van der Waals surface area contributed by atoms with E-state index in [0.717, 1.165) is 42.8 Å². The van der Waals surface area contributed by atoms with Gasteiger partial charge in [-0.1, -0.05) is 12.1 Å². The molecule has 0 N–H and O–H groups in total. The van der Waals surface area contributed by atoms with Crippen molar-refractivity contribution in [1.82, 2.24) is 19.4 Å². The van der Waals surface area contributed by atoms with Crippen LogP contribution < -0.4 is 0 Å². The van der Waals surface area contributed by atoms with Crippen molar-refractivity contribution in [3.8, 4) is 0 Å². The van der Waals surface area contributed by atoms with Crippen LogP contribution in [0.15, 0.2) is 24.3 Å². The second-order valence-electron chi connectivity index (χ2n) is 7.63. The summed E-state index contributed by atoms with van der Waals surface area (Å²) in [6, 6.07) is 8.28. The lowest BCUT2D eigenvalue weighted by molar-refractivity contribution is -0.130. The number of carbonyl (C=O) groups excluding carboxylic acids is 1. The normalized spacial score (nSPS) is 24.8. The predicted octanol–water partition coefficient (Wildman–Crippen LogP) is 2.12. The van der Waals surface area contributed by atoms with E-state index in [1.54, 1.807) is 6.92 Å². The van der Waals surface area contributed by atoms with Crippen molar-refractivity contribution in [3.63, 3.8) is 0 Å². The van der Waals surface area contributed by atoms with Gasteiger partial charge in [-0.05, 0) is 25.0 Å². The number of nitrogens with zero attached hydrogens (tertiary/aromatic N) is 4. The molecule has 2 aliphatic rings. The van der Waals surface area contributed by atoms with Crippen molar-refractivity contribution >= 4 is 16.9 Å². The second-order valence-corrected chi connectivity index (χ2v) is 7.63. The minimum absolute atomic E-state index is 0.127. The zero-order valence-corrected chi connectivity index (χ0v) is 16.0. The summed E-state index contributed by atoms with van der Waals surface area (Å²) in [6.45, 7) is 4.47. The molecule has 0 unspecified atom stereocenters. The van der Waals surface area contributed by atoms with Gasteiger partial charge in [0.15, 0.2) is 0 Å². The van der Waals surface area contributed by atoms with Crippen molar-refractivity contribution in [1.29, 1.82) is 0 Å². The Morgan fingerprint density at radius 3 is 2.70 bits per heavy atom. The van der Waals surface area contributed by atoms with E-state index in [-0.39, 0.29) is 5.91 Å². The van der Waals surface area contributed by atoms with E-state index in [0.29, 0.717) is 25.7 Å². The number of hydrogen-bond acceptors (Lipinski definition) is 4. The van der Waals surface area contributed by atoms with Crippen LogP contribution in [0.2, 0.25) is 0 Å². The van der Waals surface area contributed by atoms with Gasteiger partial charge in [-0.25, -0.2) is 9.37 Å². The number of amides is 1. The summed E-state index contributed by atoms with van der Waals surface area (Å²) in [5, 5.41) is 0. The molecule has 0 saturated carbocycles. The van der Waals surface area contributed by atoms with Crippen LogP contribution in [0, 0.1) is 0 Å². The number of halogens is 1. The molecule has 27 heavy (non-hydrogen) atoms. The molecule has 0 bridgehead atoms. The number of fused-ring (bicyclic) bond motifs is 1. The maximum Gasteiger partial charge on any atom is 0.219 e. The fourth-order valence-electron chi connectivity index (χ4n) is 4.27. The molecule has 1 amide bonds. The number of likely N-dealkylation sites (tertiary alicyclic amines) is 2. The molecule has 2 aliphatic heterocycles. The maximum atomic E-state index is 14.5. The molecular weight excluding hydrogens is 347 g/mol. The highest BCUT2D eigenvalue weighted by Crippen LogP contribution is 2.25. The van der Waals surface area contributed by atoms with E-state index >= 15 is 0 Å². The van der Waals surface area contributed by atoms with Gasteiger partial charge >= 0.3 is 0 Å². The highest BCUT2D eigenvalue weighted by molar-refractivity contribution is 5.75. The van der Waals surface area contributed by atoms with Crippen LogP contribution in [-0.2, 0) is 23.2 Å². The molecule has 4 rings (SSSR count). The number of imidazole rings is 1. The van der Waals surface area contributed by atoms with Crippen molar-refractivity contribution in [2.24, 2.45) is 7.05 Å². The topological polar surface area (TPSA) is 50.6 Å². The van der Waals surface area contributed by atoms with Crippen molar-refractivity contribution in [2.75, 3.05) is 26.2 Å². The van der Waals surface area contributed by atoms with Crippen LogP contribution in [0.25, 0.3) is 11.0 Å². The Bertz CT molecular complexity index is 815. The smallest absolute Gasteiger partial charge is 0.219 e. The molecule has 2 aromatic rings. The molecule has 0 aliphatic carbocycles. The molecule has 6 nitrogen and oxygen atoms in total. The number of hydrogen-bond donors (Lipinski definition) is 0. The lowest BCUT2D eigenvalue weighted by atomic mass is 10.0. The van der Waals surface area contributed by atoms with Crippen LogP contribution in [0.3, 0.4) is 0 Å². The van der Waals surface area contributed by atoms with Crippen molar-refractivity contribution in [2.45, 2.75) is 44.7 Å². The average Bonchev–Trinajstić information content (AvgIpc) is 3.20. The molecule has 1 aromatic carbocycles. The van der Waals surface area contributed by atoms with Gasteiger partial charge in [0.05, 0.1) is 11.0 Å². The fourth-order valence-corrected chi connectivity index (χ4v) is 4.27. The Balaban J connectivity index is 1.34. The van der Waals surface area contributed by atoms with E-state index in [1.165, 1.54) is 0 Å². The molecule has 2 saturated heterocycles. The van der Waals surface area contributed by atoms with E-state index in [4.69, 9.17) is 4.74 Å². The number of alkyl halides is 1. The summed E-state index contributed by atoms with van der Waals surface area (Å²) in [5.74, 6) is 0.943. The van der Waals surface area contributed by atoms with Crippen LogP contribution in [-0.4, -0.2) is 69.8 Å². The zero-order valence-electron chi connectivity index (χ0n) is 16.0. The van der Waals surface area contributed by atoms with Gasteiger partial charge in [-0.15, -0.1) is 0 Å². The van der Waals surface area contributed by atoms with Crippen molar-refractivity contribution < 1.29 is 13.9 Å². The predicted molar refractivity (Wildman–Crippen MR) is 101 cm³/mol. The Hall–Kier alpha value is -1.99. The summed E-state index contributed by atoms with van der Waals surface area (Å²) >= 11 is 0. The summed E-state index contributed by atoms with van der Waals surface area (Å²) in [4.78, 5) is 20.1.